The molecule has 10 heteroatoms. The topological polar surface area (TPSA) is 114 Å². The normalized spacial score (nSPS) is 11.6. The van der Waals surface area contributed by atoms with E-state index in [9.17, 15) is 19.5 Å². The lowest BCUT2D eigenvalue weighted by Crippen LogP contribution is -2.25. The zero-order valence-electron chi connectivity index (χ0n) is 20.1. The Kier molecular flexibility index (Phi) is 9.06. The highest BCUT2D eigenvalue weighted by atomic mass is 35.5. The number of nitrogens with one attached hydrogen (secondary N) is 1. The third kappa shape index (κ3) is 7.52. The van der Waals surface area contributed by atoms with Crippen molar-refractivity contribution in [2.24, 2.45) is 5.10 Å². The summed E-state index contributed by atoms with van der Waals surface area (Å²) in [6, 6.07) is 24.8. The Morgan fingerprint density at radius 2 is 1.33 bits per heavy atom. The molecule has 0 saturated carbocycles. The molecule has 1 amide bonds. The number of hydrogen-bond acceptors (Lipinski definition) is 7. The number of halogens is 2. The number of hydrogen-bond donors (Lipinski definition) is 2. The molecule has 0 saturated heterocycles. The van der Waals surface area contributed by atoms with Crippen LogP contribution < -0.4 is 14.9 Å². The predicted octanol–water partition coefficient (Wildman–Crippen LogP) is 5.62. The number of carbonyl (C=O) groups is 3. The van der Waals surface area contributed by atoms with Gasteiger partial charge in [-0.1, -0.05) is 53.5 Å². The number of benzene rings is 4. The summed E-state index contributed by atoms with van der Waals surface area (Å²) in [5.41, 5.74) is 3.42. The van der Waals surface area contributed by atoms with E-state index < -0.39 is 23.9 Å². The number of esters is 2. The fraction of sp³-hybridized carbons (Fsp3) is 0.0345. The first-order valence-electron chi connectivity index (χ1n) is 11.5. The summed E-state index contributed by atoms with van der Waals surface area (Å²) in [4.78, 5) is 37.6. The van der Waals surface area contributed by atoms with Crippen LogP contribution in [0.2, 0.25) is 10.0 Å². The second-order valence-corrected chi connectivity index (χ2v) is 8.91. The van der Waals surface area contributed by atoms with E-state index in [1.54, 1.807) is 54.6 Å². The van der Waals surface area contributed by atoms with Gasteiger partial charge in [-0.3, -0.25) is 4.79 Å². The molecule has 4 rings (SSSR count). The van der Waals surface area contributed by atoms with Crippen LogP contribution in [-0.2, 0) is 4.79 Å². The molecule has 0 radical (unpaired) electrons. The van der Waals surface area contributed by atoms with E-state index in [1.807, 2.05) is 0 Å². The maximum absolute atomic E-state index is 12.8. The Bertz CT molecular complexity index is 1510. The van der Waals surface area contributed by atoms with Crippen LogP contribution >= 0.6 is 23.2 Å². The van der Waals surface area contributed by atoms with Crippen molar-refractivity contribution < 1.29 is 29.0 Å². The van der Waals surface area contributed by atoms with Gasteiger partial charge in [0.25, 0.3) is 5.91 Å². The van der Waals surface area contributed by atoms with Crippen molar-refractivity contribution in [1.29, 1.82) is 0 Å². The number of aliphatic hydroxyl groups excluding tert-OH is 1. The van der Waals surface area contributed by atoms with E-state index in [2.05, 4.69) is 10.5 Å². The van der Waals surface area contributed by atoms with Gasteiger partial charge < -0.3 is 14.6 Å². The van der Waals surface area contributed by atoms with Crippen LogP contribution in [0.25, 0.3) is 0 Å². The molecular weight excluding hydrogens is 543 g/mol. The number of hydrazone groups is 1. The molecule has 39 heavy (non-hydrogen) atoms. The number of rotatable bonds is 8. The van der Waals surface area contributed by atoms with Crippen molar-refractivity contribution in [3.63, 3.8) is 0 Å². The molecule has 0 aliphatic carbocycles. The highest BCUT2D eigenvalue weighted by Crippen LogP contribution is 2.26. The first-order valence-corrected chi connectivity index (χ1v) is 12.2. The third-order valence-electron chi connectivity index (χ3n) is 5.30. The second-order valence-electron chi connectivity index (χ2n) is 8.04. The Labute approximate surface area is 233 Å². The first kappa shape index (κ1) is 27.5. The molecule has 0 spiro atoms. The van der Waals surface area contributed by atoms with Crippen LogP contribution in [0.5, 0.6) is 11.5 Å². The summed E-state index contributed by atoms with van der Waals surface area (Å²) >= 11 is 11.8. The minimum atomic E-state index is -1.43. The Hall–Kier alpha value is -4.50. The van der Waals surface area contributed by atoms with Crippen molar-refractivity contribution in [3.05, 3.63) is 129 Å². The van der Waals surface area contributed by atoms with Crippen molar-refractivity contribution in [2.45, 2.75) is 6.10 Å². The minimum absolute atomic E-state index is 0.00189. The van der Waals surface area contributed by atoms with Crippen molar-refractivity contribution in [2.75, 3.05) is 0 Å². The molecule has 0 aliphatic heterocycles. The molecule has 1 atom stereocenters. The number of nitrogens with zero attached hydrogens (tertiary/aromatic N) is 1. The monoisotopic (exact) mass is 562 g/mol. The molecule has 0 aliphatic rings. The highest BCUT2D eigenvalue weighted by Gasteiger charge is 2.17. The van der Waals surface area contributed by atoms with E-state index in [1.165, 1.54) is 48.7 Å². The van der Waals surface area contributed by atoms with Gasteiger partial charge in [-0.25, -0.2) is 15.0 Å². The quantitative estimate of drug-likeness (QED) is 0.125. The smallest absolute Gasteiger partial charge is 0.343 e. The number of aliphatic hydroxyl groups is 1. The van der Waals surface area contributed by atoms with Gasteiger partial charge in [-0.2, -0.15) is 5.10 Å². The van der Waals surface area contributed by atoms with Gasteiger partial charge in [0.1, 0.15) is 11.5 Å². The average molecular weight is 563 g/mol. The van der Waals surface area contributed by atoms with Crippen LogP contribution in [0, 0.1) is 0 Å². The molecule has 4 aromatic rings. The summed E-state index contributed by atoms with van der Waals surface area (Å²) in [5, 5.41) is 15.0. The predicted molar refractivity (Wildman–Crippen MR) is 146 cm³/mol. The molecule has 4 aromatic carbocycles. The summed E-state index contributed by atoms with van der Waals surface area (Å²) in [6.45, 7) is 0. The van der Waals surface area contributed by atoms with Gasteiger partial charge in [0.2, 0.25) is 0 Å². The first-order chi connectivity index (χ1) is 18.8. The zero-order valence-corrected chi connectivity index (χ0v) is 21.6. The standard InChI is InChI=1S/C29H20Cl2N2O6/c30-22-11-6-19(7-12-22)28(36)38-24-15-10-21(17-32-33-27(35)26(34)18-4-2-1-3-5-18)25(16-24)39-29(37)20-8-13-23(31)14-9-20/h1-17,26,34H,(H,33,35)/b32-17+. The summed E-state index contributed by atoms with van der Waals surface area (Å²) in [6.07, 6.45) is -0.203. The Morgan fingerprint density at radius 3 is 1.92 bits per heavy atom. The van der Waals surface area contributed by atoms with Gasteiger partial charge in [-0.15, -0.1) is 0 Å². The summed E-state index contributed by atoms with van der Waals surface area (Å²) in [5.74, 6) is -2.02. The zero-order chi connectivity index (χ0) is 27.8. The van der Waals surface area contributed by atoms with Gasteiger partial charge in [0.05, 0.1) is 17.3 Å². The maximum Gasteiger partial charge on any atom is 0.343 e. The lowest BCUT2D eigenvalue weighted by Gasteiger charge is -2.11. The largest absolute Gasteiger partial charge is 0.423 e. The molecule has 0 bridgehead atoms. The summed E-state index contributed by atoms with van der Waals surface area (Å²) < 4.78 is 11.0. The van der Waals surface area contributed by atoms with Gasteiger partial charge >= 0.3 is 11.9 Å². The van der Waals surface area contributed by atoms with E-state index in [-0.39, 0.29) is 28.2 Å². The Morgan fingerprint density at radius 1 is 0.769 bits per heavy atom. The SMILES string of the molecule is O=C(Oc1ccc(/C=N/NC(=O)C(O)c2ccccc2)c(OC(=O)c2ccc(Cl)cc2)c1)c1ccc(Cl)cc1. The van der Waals surface area contributed by atoms with Crippen LogP contribution in [0.3, 0.4) is 0 Å². The number of amides is 1. The van der Waals surface area contributed by atoms with Crippen molar-refractivity contribution >= 4 is 47.3 Å². The molecule has 196 valence electrons. The molecular formula is C29H20Cl2N2O6. The molecule has 8 nitrogen and oxygen atoms in total. The van der Waals surface area contributed by atoms with Gasteiger partial charge in [0.15, 0.2) is 6.10 Å². The fourth-order valence-corrected chi connectivity index (χ4v) is 3.54. The molecule has 0 fully saturated rings. The molecule has 2 N–H and O–H groups in total. The second kappa shape index (κ2) is 12.8. The molecule has 0 heterocycles. The number of carbonyl (C=O) groups excluding carboxylic acids is 3. The van der Waals surface area contributed by atoms with Gasteiger partial charge in [-0.05, 0) is 66.2 Å². The van der Waals surface area contributed by atoms with E-state index in [0.717, 1.165) is 0 Å². The Balaban J connectivity index is 1.54. The van der Waals surface area contributed by atoms with E-state index in [0.29, 0.717) is 15.6 Å². The van der Waals surface area contributed by atoms with Crippen LogP contribution in [0.15, 0.2) is 102 Å². The highest BCUT2D eigenvalue weighted by molar-refractivity contribution is 6.31. The fourth-order valence-electron chi connectivity index (χ4n) is 3.28. The average Bonchev–Trinajstić information content (AvgIpc) is 2.94. The maximum atomic E-state index is 12.8. The third-order valence-corrected chi connectivity index (χ3v) is 5.80. The van der Waals surface area contributed by atoms with Crippen LogP contribution in [0.1, 0.15) is 37.9 Å². The van der Waals surface area contributed by atoms with Crippen molar-refractivity contribution in [3.8, 4) is 11.5 Å². The summed E-state index contributed by atoms with van der Waals surface area (Å²) in [7, 11) is 0. The van der Waals surface area contributed by atoms with Crippen LogP contribution in [0.4, 0.5) is 0 Å². The van der Waals surface area contributed by atoms with E-state index >= 15 is 0 Å². The lowest BCUT2D eigenvalue weighted by molar-refractivity contribution is -0.129. The lowest BCUT2D eigenvalue weighted by atomic mass is 10.1. The molecule has 1 unspecified atom stereocenters. The van der Waals surface area contributed by atoms with Crippen molar-refractivity contribution in [1.82, 2.24) is 5.43 Å². The molecule has 0 aromatic heterocycles. The minimum Gasteiger partial charge on any atom is -0.423 e. The van der Waals surface area contributed by atoms with Gasteiger partial charge in [0, 0.05) is 21.7 Å². The number of ether oxygens (including phenoxy) is 2. The van der Waals surface area contributed by atoms with E-state index in [4.69, 9.17) is 32.7 Å². The van der Waals surface area contributed by atoms with Crippen LogP contribution in [-0.4, -0.2) is 29.2 Å².